The quantitative estimate of drug-likeness (QED) is 0.159. The van der Waals surface area contributed by atoms with Gasteiger partial charge in [0.15, 0.2) is 12.5 Å². The summed E-state index contributed by atoms with van der Waals surface area (Å²) in [6.45, 7) is 3.89. The fraction of sp³-hybridized carbons (Fsp3) is 0.294. The van der Waals surface area contributed by atoms with Gasteiger partial charge in [0.2, 0.25) is 23.4 Å². The molecule has 0 radical (unpaired) electrons. The van der Waals surface area contributed by atoms with E-state index < -0.39 is 11.6 Å². The third-order valence-corrected chi connectivity index (χ3v) is 10.7. The molecule has 2 atom stereocenters. The van der Waals surface area contributed by atoms with E-state index in [-0.39, 0.29) is 12.5 Å². The molecule has 4 aromatic rings. The lowest BCUT2D eigenvalue weighted by Crippen LogP contribution is -2.31. The summed E-state index contributed by atoms with van der Waals surface area (Å²) in [6.07, 6.45) is 4.15. The monoisotopic (exact) mass is 622 g/mol. The summed E-state index contributed by atoms with van der Waals surface area (Å²) in [5.41, 5.74) is 3.85. The van der Waals surface area contributed by atoms with Crippen LogP contribution >= 0.6 is 22.7 Å². The van der Waals surface area contributed by atoms with Crippen molar-refractivity contribution in [1.82, 2.24) is 9.80 Å². The van der Waals surface area contributed by atoms with E-state index >= 15 is 0 Å². The van der Waals surface area contributed by atoms with Crippen molar-refractivity contribution in [3.63, 3.8) is 0 Å². The van der Waals surface area contributed by atoms with Crippen LogP contribution in [0, 0.1) is 0 Å². The number of fused-ring (bicyclic) bond motifs is 2. The molecule has 44 heavy (non-hydrogen) atoms. The molecule has 2 saturated heterocycles. The van der Waals surface area contributed by atoms with Crippen molar-refractivity contribution < 1.29 is 19.1 Å². The zero-order valence-corrected chi connectivity index (χ0v) is 25.6. The second-order valence-electron chi connectivity index (χ2n) is 11.4. The highest BCUT2D eigenvalue weighted by atomic mass is 32.1. The first-order chi connectivity index (χ1) is 21.6. The number of likely N-dealkylation sites (tertiary alicyclic amines) is 2. The lowest BCUT2D eigenvalue weighted by molar-refractivity contribution is 0.0296. The van der Waals surface area contributed by atoms with Gasteiger partial charge in [0.25, 0.3) is 0 Å². The van der Waals surface area contributed by atoms with E-state index in [4.69, 9.17) is 19.5 Å². The normalized spacial score (nSPS) is 21.5. The van der Waals surface area contributed by atoms with E-state index in [1.807, 2.05) is 48.5 Å². The maximum Gasteiger partial charge on any atom is 0.244 e. The molecule has 8 rings (SSSR count). The van der Waals surface area contributed by atoms with Gasteiger partial charge in [-0.25, -0.2) is 9.98 Å². The van der Waals surface area contributed by atoms with Gasteiger partial charge in [-0.15, -0.1) is 22.7 Å². The molecule has 6 heterocycles. The number of nitrogens with zero attached hydrogens (tertiary/aromatic N) is 4. The molecule has 0 saturated carbocycles. The average Bonchev–Trinajstić information content (AvgIpc) is 3.90. The minimum atomic E-state index is -0.547. The lowest BCUT2D eigenvalue weighted by Gasteiger charge is -2.32. The van der Waals surface area contributed by atoms with Crippen molar-refractivity contribution in [2.24, 2.45) is 9.98 Å². The van der Waals surface area contributed by atoms with Crippen molar-refractivity contribution in [3.8, 4) is 0 Å². The van der Waals surface area contributed by atoms with E-state index in [2.05, 4.69) is 21.9 Å². The summed E-state index contributed by atoms with van der Waals surface area (Å²) < 4.78 is 12.8. The number of carbonyl (C=O) groups is 2. The van der Waals surface area contributed by atoms with E-state index in [1.54, 1.807) is 12.1 Å². The minimum Gasteiger partial charge on any atom is -0.453 e. The van der Waals surface area contributed by atoms with E-state index in [0.717, 1.165) is 84.1 Å². The molecule has 0 amide bonds. The highest BCUT2D eigenvalue weighted by molar-refractivity contribution is 7.19. The Balaban J connectivity index is 1.02. The Kier molecular flexibility index (Phi) is 7.22. The van der Waals surface area contributed by atoms with Crippen molar-refractivity contribution in [2.45, 2.75) is 38.1 Å². The Hall–Kier alpha value is -3.96. The highest BCUT2D eigenvalue weighted by Crippen LogP contribution is 2.40. The number of thiophene rings is 2. The van der Waals surface area contributed by atoms with Gasteiger partial charge < -0.3 is 9.47 Å². The Bertz CT molecular complexity index is 1680. The summed E-state index contributed by atoms with van der Waals surface area (Å²) in [7, 11) is 0. The molecule has 222 valence electrons. The molecule has 2 unspecified atom stereocenters. The Morgan fingerprint density at radius 2 is 1.00 bits per heavy atom. The first-order valence-corrected chi connectivity index (χ1v) is 16.7. The molecule has 4 aliphatic heterocycles. The lowest BCUT2D eigenvalue weighted by atomic mass is 10.1. The largest absolute Gasteiger partial charge is 0.453 e. The van der Waals surface area contributed by atoms with Crippen molar-refractivity contribution in [1.29, 1.82) is 0 Å². The first-order valence-electron chi connectivity index (χ1n) is 15.1. The predicted molar refractivity (Wildman–Crippen MR) is 172 cm³/mol. The number of benzene rings is 2. The van der Waals surface area contributed by atoms with E-state index in [1.165, 1.54) is 22.7 Å². The van der Waals surface area contributed by atoms with Crippen molar-refractivity contribution in [3.05, 3.63) is 103 Å². The summed E-state index contributed by atoms with van der Waals surface area (Å²) in [5.74, 6) is -0.129. The maximum atomic E-state index is 13.4. The molecule has 0 bridgehead atoms. The third kappa shape index (κ3) is 5.01. The number of para-hydroxylation sites is 2. The fourth-order valence-electron chi connectivity index (χ4n) is 6.30. The van der Waals surface area contributed by atoms with Gasteiger partial charge in [-0.3, -0.25) is 19.4 Å². The molecule has 2 aromatic heterocycles. The number of carbonyl (C=O) groups excluding carboxylic acids is 2. The van der Waals surface area contributed by atoms with Gasteiger partial charge >= 0.3 is 0 Å². The number of hydrogen-bond acceptors (Lipinski definition) is 10. The Labute approximate surface area is 263 Å². The standard InChI is InChI=1S/C34H30N4O4S2/c39-29(25-13-15-27(43-25)31-35-23-11-3-1-9-21(23)33(41-31)37-17-5-6-18-37)30(40)26-14-16-28(44-26)32-36-24-12-4-2-10-22(24)34(42-32)38-19-7-8-20-38/h1-4,9-16,33-34H,5-8,17-20H2. The Morgan fingerprint density at radius 3 is 1.43 bits per heavy atom. The van der Waals surface area contributed by atoms with Gasteiger partial charge in [-0.05, 0) is 62.1 Å². The van der Waals surface area contributed by atoms with Crippen LogP contribution in [0.5, 0.6) is 0 Å². The molecule has 0 aliphatic carbocycles. The van der Waals surface area contributed by atoms with Crippen LogP contribution in [-0.2, 0) is 9.47 Å². The maximum absolute atomic E-state index is 13.4. The molecule has 4 aliphatic rings. The van der Waals surface area contributed by atoms with Gasteiger partial charge in [0, 0.05) is 37.3 Å². The number of aliphatic imine (C=N–C) groups is 2. The van der Waals surface area contributed by atoms with Gasteiger partial charge in [0.05, 0.1) is 30.9 Å². The van der Waals surface area contributed by atoms with Crippen molar-refractivity contribution in [2.75, 3.05) is 26.2 Å². The SMILES string of the molecule is O=C(C(=O)c1ccc(C2=Nc3ccccc3C(N3CCCC3)O2)s1)c1ccc(C2=Nc3ccccc3C(N3CCCC3)O2)s1. The number of hydrogen-bond donors (Lipinski definition) is 0. The summed E-state index contributed by atoms with van der Waals surface area (Å²) in [5, 5.41) is 0. The molecule has 8 nitrogen and oxygen atoms in total. The minimum absolute atomic E-state index is 0.212. The van der Waals surface area contributed by atoms with E-state index in [9.17, 15) is 9.59 Å². The van der Waals surface area contributed by atoms with Crippen LogP contribution in [0.2, 0.25) is 0 Å². The molecule has 2 aromatic carbocycles. The van der Waals surface area contributed by atoms with E-state index in [0.29, 0.717) is 21.5 Å². The molecule has 0 spiro atoms. The van der Waals surface area contributed by atoms with Crippen molar-refractivity contribution >= 4 is 57.4 Å². The Morgan fingerprint density at radius 1 is 0.591 bits per heavy atom. The average molecular weight is 623 g/mol. The summed E-state index contributed by atoms with van der Waals surface area (Å²) >= 11 is 2.47. The van der Waals surface area contributed by atoms with Crippen LogP contribution in [0.4, 0.5) is 11.4 Å². The molecule has 2 fully saturated rings. The van der Waals surface area contributed by atoms with Gasteiger partial charge in [0.1, 0.15) is 0 Å². The zero-order chi connectivity index (χ0) is 29.6. The predicted octanol–water partition coefficient (Wildman–Crippen LogP) is 7.28. The number of rotatable bonds is 7. The van der Waals surface area contributed by atoms with Crippen LogP contribution in [0.3, 0.4) is 0 Å². The number of ether oxygens (including phenoxy) is 2. The summed E-state index contributed by atoms with van der Waals surface area (Å²) in [6, 6.07) is 23.1. The molecular formula is C34H30N4O4S2. The smallest absolute Gasteiger partial charge is 0.244 e. The fourth-order valence-corrected chi connectivity index (χ4v) is 8.05. The van der Waals surface area contributed by atoms with Crippen LogP contribution < -0.4 is 0 Å². The van der Waals surface area contributed by atoms with Crippen LogP contribution in [0.15, 0.2) is 82.8 Å². The van der Waals surface area contributed by atoms with Gasteiger partial charge in [-0.1, -0.05) is 36.4 Å². The zero-order valence-electron chi connectivity index (χ0n) is 24.0. The first kappa shape index (κ1) is 27.6. The molecule has 10 heteroatoms. The van der Waals surface area contributed by atoms with Crippen LogP contribution in [0.1, 0.15) is 78.4 Å². The molecule has 0 N–H and O–H groups in total. The number of ketones is 2. The second kappa shape index (κ2) is 11.5. The summed E-state index contributed by atoms with van der Waals surface area (Å²) in [4.78, 5) is 43.2. The number of Topliss-reactive ketones (excluding diaryl/α,β-unsaturated/α-hetero) is 2. The van der Waals surface area contributed by atoms with Gasteiger partial charge in [-0.2, -0.15) is 0 Å². The topological polar surface area (TPSA) is 83.8 Å². The van der Waals surface area contributed by atoms with Crippen LogP contribution in [0.25, 0.3) is 0 Å². The second-order valence-corrected chi connectivity index (χ2v) is 13.5. The van der Waals surface area contributed by atoms with Crippen LogP contribution in [-0.4, -0.2) is 59.3 Å². The molecular weight excluding hydrogens is 593 g/mol. The highest BCUT2D eigenvalue weighted by Gasteiger charge is 2.34. The third-order valence-electron chi connectivity index (χ3n) is 8.53.